The highest BCUT2D eigenvalue weighted by Crippen LogP contribution is 2.27. The molecule has 0 atom stereocenters. The number of halogens is 1. The zero-order chi connectivity index (χ0) is 15.6. The van der Waals surface area contributed by atoms with Crippen molar-refractivity contribution in [2.75, 3.05) is 11.9 Å². The largest absolute Gasteiger partial charge is 0.478 e. The maximum absolute atomic E-state index is 11.6. The van der Waals surface area contributed by atoms with Crippen LogP contribution in [0.25, 0.3) is 0 Å². The number of carbonyl (C=O) groups is 3. The summed E-state index contributed by atoms with van der Waals surface area (Å²) in [5, 5.41) is 12.1. The lowest BCUT2D eigenvalue weighted by atomic mass is 10.0. The van der Waals surface area contributed by atoms with Crippen molar-refractivity contribution in [3.8, 4) is 0 Å². The highest BCUT2D eigenvalue weighted by molar-refractivity contribution is 6.34. The predicted molar refractivity (Wildman–Crippen MR) is 78.9 cm³/mol. The average molecular weight is 306 g/mol. The molecule has 6 heteroatoms. The molecule has 0 fully saturated rings. The van der Waals surface area contributed by atoms with Crippen molar-refractivity contribution >= 4 is 34.8 Å². The fraction of sp³-hybridized carbons (Fsp3) is 0.133. The van der Waals surface area contributed by atoms with Gasteiger partial charge in [0.15, 0.2) is 11.6 Å². The number of hydrogen-bond donors (Lipinski definition) is 2. The summed E-state index contributed by atoms with van der Waals surface area (Å²) in [7, 11) is 0. The van der Waals surface area contributed by atoms with E-state index in [2.05, 4.69) is 5.32 Å². The van der Waals surface area contributed by atoms with Crippen LogP contribution in [-0.4, -0.2) is 29.2 Å². The van der Waals surface area contributed by atoms with Crippen molar-refractivity contribution in [2.24, 2.45) is 0 Å². The third-order valence-corrected chi connectivity index (χ3v) is 3.61. The summed E-state index contributed by atoms with van der Waals surface area (Å²) in [6.45, 7) is 1.84. The molecule has 1 aromatic carbocycles. The SMILES string of the molecule is Cc1c(NCC2=CC(=O)C=CC2=O)ccc(C(=O)O)c1Cl. The molecule has 0 saturated heterocycles. The fourth-order valence-corrected chi connectivity index (χ4v) is 2.17. The molecule has 0 aromatic heterocycles. The monoisotopic (exact) mass is 305 g/mol. The molecule has 5 nitrogen and oxygen atoms in total. The van der Waals surface area contributed by atoms with Crippen LogP contribution < -0.4 is 5.32 Å². The highest BCUT2D eigenvalue weighted by Gasteiger charge is 2.16. The molecule has 0 heterocycles. The molecule has 0 bridgehead atoms. The molecule has 1 aromatic rings. The topological polar surface area (TPSA) is 83.5 Å². The Kier molecular flexibility index (Phi) is 4.23. The van der Waals surface area contributed by atoms with Crippen LogP contribution in [0.1, 0.15) is 15.9 Å². The predicted octanol–water partition coefficient (Wildman–Crippen LogP) is 2.39. The van der Waals surface area contributed by atoms with Gasteiger partial charge in [0, 0.05) is 17.8 Å². The summed E-state index contributed by atoms with van der Waals surface area (Å²) in [4.78, 5) is 33.8. The first-order valence-electron chi connectivity index (χ1n) is 6.13. The summed E-state index contributed by atoms with van der Waals surface area (Å²) in [6, 6.07) is 2.97. The average Bonchev–Trinajstić information content (AvgIpc) is 2.43. The van der Waals surface area contributed by atoms with Gasteiger partial charge in [-0.15, -0.1) is 0 Å². The lowest BCUT2D eigenvalue weighted by molar-refractivity contribution is -0.114. The summed E-state index contributed by atoms with van der Waals surface area (Å²) >= 11 is 6.00. The van der Waals surface area contributed by atoms with E-state index in [1.165, 1.54) is 24.3 Å². The van der Waals surface area contributed by atoms with E-state index >= 15 is 0 Å². The van der Waals surface area contributed by atoms with Gasteiger partial charge in [0.1, 0.15) is 0 Å². The number of benzene rings is 1. The van der Waals surface area contributed by atoms with Crippen LogP contribution in [0.2, 0.25) is 5.02 Å². The standard InChI is InChI=1S/C15H12ClNO4/c1-8-12(4-3-11(14(8)16)15(20)21)17-7-9-6-10(18)2-5-13(9)19/h2-6,17H,7H2,1H3,(H,20,21). The number of anilines is 1. The number of carboxylic acid groups (broad SMARTS) is 1. The highest BCUT2D eigenvalue weighted by atomic mass is 35.5. The molecule has 1 aliphatic carbocycles. The van der Waals surface area contributed by atoms with E-state index in [1.54, 1.807) is 13.0 Å². The van der Waals surface area contributed by atoms with Gasteiger partial charge in [-0.3, -0.25) is 9.59 Å². The number of ketones is 2. The van der Waals surface area contributed by atoms with Crippen LogP contribution in [0, 0.1) is 6.92 Å². The van der Waals surface area contributed by atoms with Crippen LogP contribution >= 0.6 is 11.6 Å². The molecule has 21 heavy (non-hydrogen) atoms. The number of nitrogens with one attached hydrogen (secondary N) is 1. The molecular formula is C15H12ClNO4. The Labute approximate surface area is 125 Å². The Bertz CT molecular complexity index is 704. The van der Waals surface area contributed by atoms with Gasteiger partial charge in [0.05, 0.1) is 10.6 Å². The van der Waals surface area contributed by atoms with Crippen molar-refractivity contribution in [2.45, 2.75) is 6.92 Å². The zero-order valence-electron chi connectivity index (χ0n) is 11.1. The number of allylic oxidation sites excluding steroid dienone is 3. The maximum Gasteiger partial charge on any atom is 0.337 e. The van der Waals surface area contributed by atoms with Crippen LogP contribution in [0.15, 0.2) is 35.9 Å². The van der Waals surface area contributed by atoms with Crippen molar-refractivity contribution in [3.63, 3.8) is 0 Å². The molecule has 0 unspecified atom stereocenters. The van der Waals surface area contributed by atoms with Gasteiger partial charge in [-0.05, 0) is 42.8 Å². The van der Waals surface area contributed by atoms with Crippen LogP contribution in [-0.2, 0) is 9.59 Å². The Morgan fingerprint density at radius 2 is 2.00 bits per heavy atom. The van der Waals surface area contributed by atoms with E-state index in [0.29, 0.717) is 16.8 Å². The summed E-state index contributed by atoms with van der Waals surface area (Å²) in [5.41, 5.74) is 1.55. The van der Waals surface area contributed by atoms with Crippen molar-refractivity contribution in [1.82, 2.24) is 0 Å². The Morgan fingerprint density at radius 3 is 2.67 bits per heavy atom. The smallest absolute Gasteiger partial charge is 0.337 e. The molecule has 2 N–H and O–H groups in total. The summed E-state index contributed by atoms with van der Waals surface area (Å²) < 4.78 is 0. The van der Waals surface area contributed by atoms with E-state index in [1.807, 2.05) is 0 Å². The molecule has 108 valence electrons. The second-order valence-electron chi connectivity index (χ2n) is 4.53. The van der Waals surface area contributed by atoms with E-state index in [9.17, 15) is 14.4 Å². The van der Waals surface area contributed by atoms with Gasteiger partial charge in [-0.2, -0.15) is 0 Å². The van der Waals surface area contributed by atoms with Gasteiger partial charge in [0.2, 0.25) is 0 Å². The lowest BCUT2D eigenvalue weighted by Crippen LogP contribution is -2.16. The quantitative estimate of drug-likeness (QED) is 0.835. The number of hydrogen-bond acceptors (Lipinski definition) is 4. The molecule has 2 rings (SSSR count). The summed E-state index contributed by atoms with van der Waals surface area (Å²) in [6.07, 6.45) is 3.72. The number of aromatic carboxylic acids is 1. The maximum atomic E-state index is 11.6. The number of carboxylic acids is 1. The first kappa shape index (κ1) is 15.0. The molecule has 0 saturated carbocycles. The molecule has 1 aliphatic rings. The minimum absolute atomic E-state index is 0.0192. The van der Waals surface area contributed by atoms with Gasteiger partial charge in [-0.25, -0.2) is 4.79 Å². The Morgan fingerprint density at radius 1 is 1.29 bits per heavy atom. The van der Waals surface area contributed by atoms with Crippen molar-refractivity contribution < 1.29 is 19.5 Å². The minimum Gasteiger partial charge on any atom is -0.478 e. The Hall–Kier alpha value is -2.40. The first-order chi connectivity index (χ1) is 9.90. The van der Waals surface area contributed by atoms with E-state index < -0.39 is 5.97 Å². The van der Waals surface area contributed by atoms with Crippen LogP contribution in [0.3, 0.4) is 0 Å². The third-order valence-electron chi connectivity index (χ3n) is 3.12. The van der Waals surface area contributed by atoms with Gasteiger partial charge in [-0.1, -0.05) is 11.6 Å². The van der Waals surface area contributed by atoms with E-state index in [-0.39, 0.29) is 28.7 Å². The summed E-state index contributed by atoms with van der Waals surface area (Å²) in [5.74, 6) is -1.56. The first-order valence-corrected chi connectivity index (χ1v) is 6.51. The number of rotatable bonds is 4. The molecular weight excluding hydrogens is 294 g/mol. The fourth-order valence-electron chi connectivity index (χ4n) is 1.93. The van der Waals surface area contributed by atoms with Gasteiger partial charge < -0.3 is 10.4 Å². The van der Waals surface area contributed by atoms with Gasteiger partial charge >= 0.3 is 5.97 Å². The van der Waals surface area contributed by atoms with E-state index in [4.69, 9.17) is 16.7 Å². The molecule has 0 radical (unpaired) electrons. The van der Waals surface area contributed by atoms with Crippen LogP contribution in [0.5, 0.6) is 0 Å². The lowest BCUT2D eigenvalue weighted by Gasteiger charge is -2.14. The second-order valence-corrected chi connectivity index (χ2v) is 4.91. The molecule has 0 spiro atoms. The number of carbonyl (C=O) groups excluding carboxylic acids is 2. The van der Waals surface area contributed by atoms with E-state index in [0.717, 1.165) is 0 Å². The van der Waals surface area contributed by atoms with Gasteiger partial charge in [0.25, 0.3) is 0 Å². The third kappa shape index (κ3) is 3.20. The van der Waals surface area contributed by atoms with Crippen molar-refractivity contribution in [3.05, 3.63) is 52.1 Å². The molecule has 0 aliphatic heterocycles. The van der Waals surface area contributed by atoms with Crippen LogP contribution in [0.4, 0.5) is 5.69 Å². The zero-order valence-corrected chi connectivity index (χ0v) is 11.9. The normalized spacial score (nSPS) is 14.1. The second kappa shape index (κ2) is 5.93. The van der Waals surface area contributed by atoms with Crippen molar-refractivity contribution in [1.29, 1.82) is 0 Å². The molecule has 0 amide bonds. The Balaban J connectivity index is 2.18. The minimum atomic E-state index is -1.10.